The second-order valence-electron chi connectivity index (χ2n) is 8.12. The van der Waals surface area contributed by atoms with Gasteiger partial charge in [-0.05, 0) is 53.9 Å². The van der Waals surface area contributed by atoms with E-state index < -0.39 is 17.2 Å². The molecule has 2 aromatic heterocycles. The second-order valence-corrected chi connectivity index (χ2v) is 8.12. The van der Waals surface area contributed by atoms with Gasteiger partial charge in [-0.1, -0.05) is 24.3 Å². The minimum atomic E-state index is -0.511. The molecule has 2 heterocycles. The van der Waals surface area contributed by atoms with Crippen LogP contribution >= 0.6 is 0 Å². The Labute approximate surface area is 201 Å². The van der Waals surface area contributed by atoms with Crippen molar-refractivity contribution < 1.29 is 14.3 Å². The molecule has 9 heteroatoms. The first-order chi connectivity index (χ1) is 16.8. The molecule has 0 radical (unpaired) electrons. The van der Waals surface area contributed by atoms with Gasteiger partial charge < -0.3 is 14.8 Å². The summed E-state index contributed by atoms with van der Waals surface area (Å²) >= 11 is 0. The summed E-state index contributed by atoms with van der Waals surface area (Å²) in [6.45, 7) is 0. The molecule has 9 nitrogen and oxygen atoms in total. The van der Waals surface area contributed by atoms with E-state index in [2.05, 4.69) is 10.3 Å². The Balaban J connectivity index is 1.68. The highest BCUT2D eigenvalue weighted by atomic mass is 16.5. The number of ether oxygens (including phenoxy) is 2. The van der Waals surface area contributed by atoms with Crippen LogP contribution in [0.5, 0.6) is 11.5 Å². The van der Waals surface area contributed by atoms with Gasteiger partial charge in [-0.3, -0.25) is 18.7 Å². The maximum Gasteiger partial charge on any atom is 0.332 e. The van der Waals surface area contributed by atoms with Crippen LogP contribution in [0.4, 0.5) is 0 Å². The van der Waals surface area contributed by atoms with Gasteiger partial charge in [0.05, 0.1) is 25.6 Å². The van der Waals surface area contributed by atoms with Crippen molar-refractivity contribution in [2.45, 2.75) is 12.5 Å². The van der Waals surface area contributed by atoms with E-state index in [-0.39, 0.29) is 22.8 Å². The molecule has 0 saturated carbocycles. The van der Waals surface area contributed by atoms with Gasteiger partial charge in [0.25, 0.3) is 11.5 Å². The Morgan fingerprint density at radius 3 is 2.09 bits per heavy atom. The molecule has 0 aliphatic heterocycles. The number of amides is 1. The Bertz CT molecular complexity index is 1490. The number of carbonyl (C=O) groups excluding carboxylic acids is 1. The van der Waals surface area contributed by atoms with Gasteiger partial charge in [-0.25, -0.2) is 9.78 Å². The highest BCUT2D eigenvalue weighted by molar-refractivity contribution is 5.94. The number of hydrogen-bond acceptors (Lipinski definition) is 6. The monoisotopic (exact) mass is 474 g/mol. The quantitative estimate of drug-likeness (QED) is 0.441. The number of rotatable bonds is 7. The lowest BCUT2D eigenvalue weighted by molar-refractivity contribution is 0.0931. The van der Waals surface area contributed by atoms with Crippen molar-refractivity contribution in [2.75, 3.05) is 14.2 Å². The van der Waals surface area contributed by atoms with Crippen molar-refractivity contribution in [1.29, 1.82) is 0 Å². The third kappa shape index (κ3) is 4.79. The van der Waals surface area contributed by atoms with Crippen LogP contribution in [0.25, 0.3) is 11.0 Å². The van der Waals surface area contributed by atoms with E-state index in [1.54, 1.807) is 14.2 Å². The molecule has 1 N–H and O–H groups in total. The minimum Gasteiger partial charge on any atom is -0.497 e. The number of aromatic nitrogens is 3. The highest BCUT2D eigenvalue weighted by Gasteiger charge is 2.19. The zero-order valence-corrected chi connectivity index (χ0v) is 19.9. The van der Waals surface area contributed by atoms with E-state index in [4.69, 9.17) is 9.47 Å². The summed E-state index contributed by atoms with van der Waals surface area (Å²) in [4.78, 5) is 42.3. The summed E-state index contributed by atoms with van der Waals surface area (Å²) in [5, 5.41) is 3.30. The van der Waals surface area contributed by atoms with E-state index in [0.29, 0.717) is 12.2 Å². The molecular formula is C26H26N4O5. The fourth-order valence-electron chi connectivity index (χ4n) is 3.90. The zero-order chi connectivity index (χ0) is 25.1. The molecule has 4 rings (SSSR count). The normalized spacial score (nSPS) is 11.8. The molecular weight excluding hydrogens is 448 g/mol. The molecule has 1 unspecified atom stereocenters. The average molecular weight is 475 g/mol. The predicted octanol–water partition coefficient (Wildman–Crippen LogP) is 2.36. The Morgan fingerprint density at radius 1 is 0.886 bits per heavy atom. The molecule has 2 aromatic carbocycles. The van der Waals surface area contributed by atoms with E-state index >= 15 is 0 Å². The molecule has 180 valence electrons. The summed E-state index contributed by atoms with van der Waals surface area (Å²) in [7, 11) is 6.13. The number of nitrogens with zero attached hydrogens (tertiary/aromatic N) is 3. The SMILES string of the molecule is COc1ccc(CC(NC(=O)c2ccc3c(=O)n(C)c(=O)n(C)c3n2)c2ccc(OC)cc2)cc1. The average Bonchev–Trinajstić information content (AvgIpc) is 2.90. The van der Waals surface area contributed by atoms with Crippen LogP contribution in [0.3, 0.4) is 0 Å². The van der Waals surface area contributed by atoms with Crippen molar-refractivity contribution in [3.8, 4) is 11.5 Å². The maximum absolute atomic E-state index is 13.2. The number of methoxy groups -OCH3 is 2. The van der Waals surface area contributed by atoms with Crippen LogP contribution in [-0.4, -0.2) is 34.2 Å². The van der Waals surface area contributed by atoms with Crippen molar-refractivity contribution in [3.63, 3.8) is 0 Å². The Morgan fingerprint density at radius 2 is 1.49 bits per heavy atom. The molecule has 0 bridgehead atoms. The predicted molar refractivity (Wildman–Crippen MR) is 132 cm³/mol. The number of benzene rings is 2. The van der Waals surface area contributed by atoms with Gasteiger partial charge in [0.1, 0.15) is 22.8 Å². The van der Waals surface area contributed by atoms with Gasteiger partial charge >= 0.3 is 5.69 Å². The lowest BCUT2D eigenvalue weighted by Gasteiger charge is -2.20. The molecule has 4 aromatic rings. The largest absolute Gasteiger partial charge is 0.497 e. The second kappa shape index (κ2) is 9.84. The molecule has 0 aliphatic carbocycles. The number of nitrogens with one attached hydrogen (secondary N) is 1. The first-order valence-electron chi connectivity index (χ1n) is 11.0. The maximum atomic E-state index is 13.2. The smallest absolute Gasteiger partial charge is 0.332 e. The standard InChI is InChI=1S/C26H26N4O5/c1-29-23-20(25(32)30(2)26(29)33)13-14-21(27-23)24(31)28-22(17-7-11-19(35-4)12-8-17)15-16-5-9-18(34-3)10-6-16/h5-14,22H,15H2,1-4H3,(H,28,31). The summed E-state index contributed by atoms with van der Waals surface area (Å²) in [5.74, 6) is 1.03. The van der Waals surface area contributed by atoms with Crippen LogP contribution in [0, 0.1) is 0 Å². The van der Waals surface area contributed by atoms with Gasteiger partial charge in [0, 0.05) is 14.1 Å². The number of hydrogen-bond donors (Lipinski definition) is 1. The van der Waals surface area contributed by atoms with Crippen molar-refractivity contribution in [3.05, 3.63) is 98.3 Å². The Hall–Kier alpha value is -4.40. The number of aryl methyl sites for hydroxylation is 1. The molecule has 1 amide bonds. The van der Waals surface area contributed by atoms with E-state index in [1.807, 2.05) is 48.5 Å². The number of carbonyl (C=O) groups is 1. The third-order valence-electron chi connectivity index (χ3n) is 5.96. The lowest BCUT2D eigenvalue weighted by atomic mass is 9.98. The third-order valence-corrected chi connectivity index (χ3v) is 5.96. The molecule has 35 heavy (non-hydrogen) atoms. The van der Waals surface area contributed by atoms with Crippen LogP contribution < -0.4 is 26.0 Å². The molecule has 0 spiro atoms. The van der Waals surface area contributed by atoms with E-state index in [9.17, 15) is 14.4 Å². The molecule has 0 fully saturated rings. The van der Waals surface area contributed by atoms with E-state index in [0.717, 1.165) is 21.4 Å². The van der Waals surface area contributed by atoms with Crippen LogP contribution in [0.15, 0.2) is 70.3 Å². The van der Waals surface area contributed by atoms with Gasteiger partial charge in [-0.15, -0.1) is 0 Å². The van der Waals surface area contributed by atoms with Gasteiger partial charge in [0.2, 0.25) is 0 Å². The number of pyridine rings is 1. The highest BCUT2D eigenvalue weighted by Crippen LogP contribution is 2.23. The summed E-state index contributed by atoms with van der Waals surface area (Å²) in [6, 6.07) is 17.7. The summed E-state index contributed by atoms with van der Waals surface area (Å²) in [5.41, 5.74) is 1.18. The topological polar surface area (TPSA) is 104 Å². The zero-order valence-electron chi connectivity index (χ0n) is 19.9. The first kappa shape index (κ1) is 23.7. The first-order valence-corrected chi connectivity index (χ1v) is 11.0. The van der Waals surface area contributed by atoms with Crippen molar-refractivity contribution >= 4 is 16.9 Å². The van der Waals surface area contributed by atoms with Gasteiger partial charge in [0.15, 0.2) is 0 Å². The molecule has 0 saturated heterocycles. The van der Waals surface area contributed by atoms with Crippen LogP contribution in [-0.2, 0) is 20.5 Å². The summed E-state index contributed by atoms with van der Waals surface area (Å²) in [6.07, 6.45) is 0.522. The van der Waals surface area contributed by atoms with E-state index in [1.165, 1.54) is 30.8 Å². The Kier molecular flexibility index (Phi) is 6.68. The van der Waals surface area contributed by atoms with Crippen LogP contribution in [0.2, 0.25) is 0 Å². The lowest BCUT2D eigenvalue weighted by Crippen LogP contribution is -2.37. The minimum absolute atomic E-state index is 0.106. The van der Waals surface area contributed by atoms with Gasteiger partial charge in [-0.2, -0.15) is 0 Å². The van der Waals surface area contributed by atoms with Crippen molar-refractivity contribution in [2.24, 2.45) is 14.1 Å². The molecule has 1 atom stereocenters. The number of fused-ring (bicyclic) bond motifs is 1. The summed E-state index contributed by atoms with van der Waals surface area (Å²) < 4.78 is 12.8. The fourth-order valence-corrected chi connectivity index (χ4v) is 3.90. The fraction of sp³-hybridized carbons (Fsp3) is 0.231. The molecule has 0 aliphatic rings. The van der Waals surface area contributed by atoms with Crippen molar-refractivity contribution in [1.82, 2.24) is 19.4 Å². The van der Waals surface area contributed by atoms with Crippen LogP contribution in [0.1, 0.15) is 27.7 Å².